The summed E-state index contributed by atoms with van der Waals surface area (Å²) in [6.07, 6.45) is 3.01. The molecule has 0 heterocycles. The molecule has 0 aliphatic heterocycles. The Bertz CT molecular complexity index is 81.6. The van der Waals surface area contributed by atoms with Crippen LogP contribution in [0.25, 0.3) is 0 Å². The van der Waals surface area contributed by atoms with Gasteiger partial charge in [0.2, 0.25) is 0 Å². The molecule has 0 rings (SSSR count). The quantitative estimate of drug-likeness (QED) is 0.638. The highest BCUT2D eigenvalue weighted by atomic mass is 16.5. The Morgan fingerprint density at radius 2 is 1.82 bits per heavy atom. The molecule has 2 heteroatoms. The van der Waals surface area contributed by atoms with Crippen molar-refractivity contribution in [3.8, 4) is 0 Å². The van der Waals surface area contributed by atoms with Gasteiger partial charge in [0.25, 0.3) is 0 Å². The predicted octanol–water partition coefficient (Wildman–Crippen LogP) is 1.80. The van der Waals surface area contributed by atoms with E-state index in [4.69, 9.17) is 4.74 Å². The number of ether oxygens (including phenoxy) is 1. The van der Waals surface area contributed by atoms with Crippen molar-refractivity contribution < 1.29 is 4.74 Å². The first-order chi connectivity index (χ1) is 5.24. The molecule has 0 aromatic carbocycles. The summed E-state index contributed by atoms with van der Waals surface area (Å²) in [5.41, 5.74) is 0. The Morgan fingerprint density at radius 1 is 1.27 bits per heavy atom. The normalized spacial score (nSPS) is 13.9. The van der Waals surface area contributed by atoms with Gasteiger partial charge in [-0.25, -0.2) is 0 Å². The predicted molar refractivity (Wildman–Crippen MR) is 48.8 cm³/mol. The van der Waals surface area contributed by atoms with E-state index >= 15 is 0 Å². The molecule has 0 saturated carbocycles. The summed E-state index contributed by atoms with van der Waals surface area (Å²) >= 11 is 0. The van der Waals surface area contributed by atoms with Gasteiger partial charge in [0.15, 0.2) is 0 Å². The van der Waals surface area contributed by atoms with Crippen LogP contribution in [0.15, 0.2) is 0 Å². The third-order valence-corrected chi connectivity index (χ3v) is 1.83. The number of rotatable bonds is 6. The molecule has 0 spiro atoms. The highest BCUT2D eigenvalue weighted by Crippen LogP contribution is 2.05. The zero-order chi connectivity index (χ0) is 8.69. The summed E-state index contributed by atoms with van der Waals surface area (Å²) in [5, 5.41) is 3.10. The van der Waals surface area contributed by atoms with Crippen LogP contribution in [0.1, 0.15) is 33.6 Å². The van der Waals surface area contributed by atoms with E-state index < -0.39 is 0 Å². The maximum Gasteiger partial charge on any atom is 0.0674 e. The zero-order valence-corrected chi connectivity index (χ0v) is 8.18. The minimum absolute atomic E-state index is 0.338. The summed E-state index contributed by atoms with van der Waals surface area (Å²) in [4.78, 5) is 0. The van der Waals surface area contributed by atoms with Gasteiger partial charge in [-0.2, -0.15) is 0 Å². The van der Waals surface area contributed by atoms with Crippen LogP contribution < -0.4 is 5.32 Å². The van der Waals surface area contributed by atoms with Crippen molar-refractivity contribution in [2.45, 2.75) is 45.8 Å². The lowest BCUT2D eigenvalue weighted by Gasteiger charge is -2.19. The minimum Gasteiger partial charge on any atom is -0.374 e. The van der Waals surface area contributed by atoms with Crippen LogP contribution in [0.4, 0.5) is 0 Å². The first-order valence-corrected chi connectivity index (χ1v) is 4.54. The van der Waals surface area contributed by atoms with Crippen molar-refractivity contribution in [3.05, 3.63) is 0 Å². The van der Waals surface area contributed by atoms with Crippen LogP contribution in [0.3, 0.4) is 0 Å². The molecule has 0 saturated heterocycles. The second-order valence-corrected chi connectivity index (χ2v) is 2.94. The molecule has 0 bridgehead atoms. The zero-order valence-electron chi connectivity index (χ0n) is 8.18. The first kappa shape index (κ1) is 10.9. The minimum atomic E-state index is 0.338. The first-order valence-electron chi connectivity index (χ1n) is 4.54. The van der Waals surface area contributed by atoms with E-state index in [0.29, 0.717) is 12.2 Å². The largest absolute Gasteiger partial charge is 0.374 e. The van der Waals surface area contributed by atoms with Gasteiger partial charge in [-0.3, -0.25) is 0 Å². The highest BCUT2D eigenvalue weighted by molar-refractivity contribution is 4.58. The molecule has 1 atom stereocenters. The standard InChI is InChI=1S/C9H21NO/c1-5-9(6-2)11-8(3)7-10-4/h8-10H,5-7H2,1-4H3. The summed E-state index contributed by atoms with van der Waals surface area (Å²) in [6, 6.07) is 0. The van der Waals surface area contributed by atoms with Crippen LogP contribution in [0.5, 0.6) is 0 Å². The second-order valence-electron chi connectivity index (χ2n) is 2.94. The van der Waals surface area contributed by atoms with Crippen LogP contribution in [-0.2, 0) is 4.74 Å². The Labute approximate surface area is 70.3 Å². The fourth-order valence-electron chi connectivity index (χ4n) is 1.15. The summed E-state index contributed by atoms with van der Waals surface area (Å²) in [6.45, 7) is 7.38. The molecule has 0 aliphatic rings. The lowest BCUT2D eigenvalue weighted by molar-refractivity contribution is -0.00402. The van der Waals surface area contributed by atoms with Gasteiger partial charge in [-0.1, -0.05) is 13.8 Å². The van der Waals surface area contributed by atoms with Crippen molar-refractivity contribution in [3.63, 3.8) is 0 Å². The van der Waals surface area contributed by atoms with Crippen LogP contribution in [-0.4, -0.2) is 25.8 Å². The summed E-state index contributed by atoms with van der Waals surface area (Å²) in [7, 11) is 1.95. The molecule has 0 aromatic rings. The highest BCUT2D eigenvalue weighted by Gasteiger charge is 2.07. The average molecular weight is 159 g/mol. The van der Waals surface area contributed by atoms with E-state index in [9.17, 15) is 0 Å². The van der Waals surface area contributed by atoms with Crippen LogP contribution in [0, 0.1) is 0 Å². The second kappa shape index (κ2) is 6.62. The fraction of sp³-hybridized carbons (Fsp3) is 1.00. The third kappa shape index (κ3) is 5.22. The van der Waals surface area contributed by atoms with Gasteiger partial charge in [0, 0.05) is 6.54 Å². The van der Waals surface area contributed by atoms with Gasteiger partial charge >= 0.3 is 0 Å². The molecular weight excluding hydrogens is 138 g/mol. The molecule has 0 radical (unpaired) electrons. The van der Waals surface area contributed by atoms with E-state index in [-0.39, 0.29) is 0 Å². The molecule has 0 aromatic heterocycles. The van der Waals surface area contributed by atoms with E-state index in [1.807, 2.05) is 7.05 Å². The van der Waals surface area contributed by atoms with E-state index in [1.54, 1.807) is 0 Å². The van der Waals surface area contributed by atoms with E-state index in [1.165, 1.54) is 0 Å². The molecule has 0 fully saturated rings. The Balaban J connectivity index is 3.44. The SMILES string of the molecule is CCC(CC)OC(C)CNC. The van der Waals surface area contributed by atoms with Gasteiger partial charge in [0.05, 0.1) is 12.2 Å². The van der Waals surface area contributed by atoms with E-state index in [2.05, 4.69) is 26.1 Å². The van der Waals surface area contributed by atoms with Gasteiger partial charge in [-0.15, -0.1) is 0 Å². The molecule has 0 aliphatic carbocycles. The van der Waals surface area contributed by atoms with Gasteiger partial charge in [0.1, 0.15) is 0 Å². The number of likely N-dealkylation sites (N-methyl/N-ethyl adjacent to an activating group) is 1. The molecule has 68 valence electrons. The Kier molecular flexibility index (Phi) is 6.57. The number of nitrogens with one attached hydrogen (secondary N) is 1. The van der Waals surface area contributed by atoms with Crippen molar-refractivity contribution in [1.29, 1.82) is 0 Å². The fourth-order valence-corrected chi connectivity index (χ4v) is 1.15. The molecule has 2 nitrogen and oxygen atoms in total. The Hall–Kier alpha value is -0.0800. The summed E-state index contributed by atoms with van der Waals surface area (Å²) < 4.78 is 5.73. The molecule has 1 unspecified atom stereocenters. The number of hydrogen-bond acceptors (Lipinski definition) is 2. The third-order valence-electron chi connectivity index (χ3n) is 1.83. The van der Waals surface area contributed by atoms with Crippen LogP contribution >= 0.6 is 0 Å². The maximum absolute atomic E-state index is 5.73. The van der Waals surface area contributed by atoms with Gasteiger partial charge < -0.3 is 10.1 Å². The lowest BCUT2D eigenvalue weighted by Crippen LogP contribution is -2.27. The van der Waals surface area contributed by atoms with Crippen molar-refractivity contribution >= 4 is 0 Å². The monoisotopic (exact) mass is 159 g/mol. The average Bonchev–Trinajstić information content (AvgIpc) is 2.01. The molecular formula is C9H21NO. The van der Waals surface area contributed by atoms with Crippen molar-refractivity contribution in [2.75, 3.05) is 13.6 Å². The molecule has 0 amide bonds. The van der Waals surface area contributed by atoms with Gasteiger partial charge in [-0.05, 0) is 26.8 Å². The summed E-state index contributed by atoms with van der Waals surface area (Å²) in [5.74, 6) is 0. The lowest BCUT2D eigenvalue weighted by atomic mass is 10.2. The topological polar surface area (TPSA) is 21.3 Å². The number of hydrogen-bond donors (Lipinski definition) is 1. The maximum atomic E-state index is 5.73. The molecule has 11 heavy (non-hydrogen) atoms. The van der Waals surface area contributed by atoms with Crippen molar-refractivity contribution in [1.82, 2.24) is 5.32 Å². The van der Waals surface area contributed by atoms with Crippen LogP contribution in [0.2, 0.25) is 0 Å². The van der Waals surface area contributed by atoms with E-state index in [0.717, 1.165) is 19.4 Å². The Morgan fingerprint density at radius 3 is 2.18 bits per heavy atom. The van der Waals surface area contributed by atoms with Crippen molar-refractivity contribution in [2.24, 2.45) is 0 Å². The smallest absolute Gasteiger partial charge is 0.0674 e. The molecule has 1 N–H and O–H groups in total.